The second-order valence-electron chi connectivity index (χ2n) is 6.42. The zero-order chi connectivity index (χ0) is 17.9. The average molecular weight is 367 g/mol. The van der Waals surface area contributed by atoms with Crippen LogP contribution in [0.5, 0.6) is 5.75 Å². The summed E-state index contributed by atoms with van der Waals surface area (Å²) < 4.78 is 5.36. The van der Waals surface area contributed by atoms with Gasteiger partial charge < -0.3 is 9.64 Å². The molecule has 1 aromatic carbocycles. The lowest BCUT2D eigenvalue weighted by Crippen LogP contribution is -2.38. The van der Waals surface area contributed by atoms with Gasteiger partial charge in [0.25, 0.3) is 5.91 Å². The van der Waals surface area contributed by atoms with Crippen LogP contribution in [0.3, 0.4) is 0 Å². The number of amides is 1. The molecule has 4 rings (SSSR count). The highest BCUT2D eigenvalue weighted by molar-refractivity contribution is 7.13. The number of benzene rings is 1. The fourth-order valence-corrected chi connectivity index (χ4v) is 4.32. The van der Waals surface area contributed by atoms with E-state index >= 15 is 0 Å². The molecule has 1 aliphatic rings. The maximum absolute atomic E-state index is 13.4. The van der Waals surface area contributed by atoms with Gasteiger partial charge in [-0.05, 0) is 48.4 Å². The largest absolute Gasteiger partial charge is 0.497 e. The molecule has 1 fully saturated rings. The summed E-state index contributed by atoms with van der Waals surface area (Å²) in [6.45, 7) is 0.760. The topological polar surface area (TPSA) is 58.2 Å². The molecule has 0 unspecified atom stereocenters. The summed E-state index contributed by atoms with van der Waals surface area (Å²) in [4.78, 5) is 16.4. The minimum Gasteiger partial charge on any atom is -0.497 e. The quantitative estimate of drug-likeness (QED) is 0.738. The van der Waals surface area contributed by atoms with Crippen LogP contribution in [0.25, 0.3) is 10.6 Å². The Labute approximate surface area is 156 Å². The van der Waals surface area contributed by atoms with E-state index in [4.69, 9.17) is 4.74 Å². The van der Waals surface area contributed by atoms with Crippen LogP contribution in [0.15, 0.2) is 48.0 Å². The number of carbonyl (C=O) groups is 1. The van der Waals surface area contributed by atoms with Crippen LogP contribution in [0, 0.1) is 0 Å². The van der Waals surface area contributed by atoms with Crippen molar-refractivity contribution < 1.29 is 9.53 Å². The van der Waals surface area contributed by atoms with Gasteiger partial charge in [-0.25, -0.2) is 0 Å². The monoisotopic (exact) mass is 367 g/mol. The molecule has 26 heavy (non-hydrogen) atoms. The smallest absolute Gasteiger partial charge is 0.258 e. The predicted molar refractivity (Wildman–Crippen MR) is 103 cm³/mol. The summed E-state index contributed by atoms with van der Waals surface area (Å²) >= 11 is 1.60. The highest BCUT2D eigenvalue weighted by Crippen LogP contribution is 2.35. The Balaban J connectivity index is 1.67. The molecule has 0 aliphatic carbocycles. The SMILES string of the molecule is COc1cccc([C@@H]2CCCCN2C(=O)c2cn[nH]c2-c2cccs2)c1. The van der Waals surface area contributed by atoms with E-state index in [9.17, 15) is 4.79 Å². The first-order valence-electron chi connectivity index (χ1n) is 8.80. The maximum Gasteiger partial charge on any atom is 0.258 e. The number of ether oxygens (including phenoxy) is 1. The van der Waals surface area contributed by atoms with Gasteiger partial charge in [-0.1, -0.05) is 18.2 Å². The molecule has 2 aromatic heterocycles. The summed E-state index contributed by atoms with van der Waals surface area (Å²) in [5, 5.41) is 9.13. The van der Waals surface area contributed by atoms with E-state index in [1.165, 1.54) is 0 Å². The van der Waals surface area contributed by atoms with Crippen molar-refractivity contribution in [1.29, 1.82) is 0 Å². The van der Waals surface area contributed by atoms with E-state index < -0.39 is 0 Å². The van der Waals surface area contributed by atoms with Gasteiger partial charge in [0.15, 0.2) is 0 Å². The summed E-state index contributed by atoms with van der Waals surface area (Å²) in [6, 6.07) is 12.1. The van der Waals surface area contributed by atoms with Gasteiger partial charge in [0, 0.05) is 6.54 Å². The first kappa shape index (κ1) is 16.8. The lowest BCUT2D eigenvalue weighted by atomic mass is 9.94. The zero-order valence-electron chi connectivity index (χ0n) is 14.6. The fourth-order valence-electron chi connectivity index (χ4n) is 3.58. The van der Waals surface area contributed by atoms with Crippen molar-refractivity contribution in [2.75, 3.05) is 13.7 Å². The van der Waals surface area contributed by atoms with Gasteiger partial charge >= 0.3 is 0 Å². The molecule has 6 heteroatoms. The molecule has 3 aromatic rings. The number of hydrogen-bond acceptors (Lipinski definition) is 4. The van der Waals surface area contributed by atoms with Gasteiger partial charge in [0.2, 0.25) is 0 Å². The Morgan fingerprint density at radius 3 is 3.04 bits per heavy atom. The third kappa shape index (κ3) is 3.12. The molecular weight excluding hydrogens is 346 g/mol. The highest BCUT2D eigenvalue weighted by atomic mass is 32.1. The second kappa shape index (κ2) is 7.33. The van der Waals surface area contributed by atoms with Crippen LogP contribution in [-0.2, 0) is 0 Å². The van der Waals surface area contributed by atoms with Gasteiger partial charge in [-0.15, -0.1) is 11.3 Å². The van der Waals surface area contributed by atoms with Crippen molar-refractivity contribution in [3.63, 3.8) is 0 Å². The predicted octanol–water partition coefficient (Wildman–Crippen LogP) is 4.51. The van der Waals surface area contributed by atoms with Crippen LogP contribution < -0.4 is 4.74 Å². The standard InChI is InChI=1S/C20H21N3O2S/c1-25-15-7-4-6-14(12-15)17-8-2-3-10-23(17)20(24)16-13-21-22-19(16)18-9-5-11-26-18/h4-7,9,11-13,17H,2-3,8,10H2,1H3,(H,21,22)/t17-/m0/s1. The number of nitrogens with one attached hydrogen (secondary N) is 1. The van der Waals surface area contributed by atoms with Crippen LogP contribution >= 0.6 is 11.3 Å². The van der Waals surface area contributed by atoms with Crippen molar-refractivity contribution in [1.82, 2.24) is 15.1 Å². The fraction of sp³-hybridized carbons (Fsp3) is 0.300. The van der Waals surface area contributed by atoms with E-state index in [0.717, 1.165) is 47.7 Å². The normalized spacial score (nSPS) is 17.3. The summed E-state index contributed by atoms with van der Waals surface area (Å²) in [5.41, 5.74) is 2.57. The van der Waals surface area contributed by atoms with Gasteiger partial charge in [0.1, 0.15) is 5.75 Å². The third-order valence-electron chi connectivity index (χ3n) is 4.88. The minimum absolute atomic E-state index is 0.0367. The molecule has 0 saturated carbocycles. The molecule has 1 saturated heterocycles. The van der Waals surface area contributed by atoms with Crippen molar-refractivity contribution >= 4 is 17.2 Å². The van der Waals surface area contributed by atoms with Crippen molar-refractivity contribution in [3.8, 4) is 16.3 Å². The first-order valence-corrected chi connectivity index (χ1v) is 9.68. The molecule has 1 amide bonds. The molecule has 1 N–H and O–H groups in total. The molecule has 134 valence electrons. The number of aromatic amines is 1. The van der Waals surface area contributed by atoms with E-state index in [0.29, 0.717) is 5.56 Å². The van der Waals surface area contributed by atoms with Crippen molar-refractivity contribution in [3.05, 3.63) is 59.1 Å². The molecule has 3 heterocycles. The van der Waals surface area contributed by atoms with Gasteiger partial charge in [-0.2, -0.15) is 5.10 Å². The van der Waals surface area contributed by atoms with Crippen LogP contribution in [0.4, 0.5) is 0 Å². The van der Waals surface area contributed by atoms with E-state index in [1.807, 2.05) is 40.6 Å². The number of hydrogen-bond donors (Lipinski definition) is 1. The summed E-state index contributed by atoms with van der Waals surface area (Å²) in [6.07, 6.45) is 4.76. The van der Waals surface area contributed by atoms with Crippen molar-refractivity contribution in [2.24, 2.45) is 0 Å². The number of H-pyrrole nitrogens is 1. The number of aromatic nitrogens is 2. The van der Waals surface area contributed by atoms with Crippen molar-refractivity contribution in [2.45, 2.75) is 25.3 Å². The highest BCUT2D eigenvalue weighted by Gasteiger charge is 2.31. The Morgan fingerprint density at radius 2 is 2.23 bits per heavy atom. The zero-order valence-corrected chi connectivity index (χ0v) is 15.5. The Hall–Kier alpha value is -2.60. The molecule has 1 atom stereocenters. The molecule has 0 bridgehead atoms. The van der Waals surface area contributed by atoms with E-state index in [-0.39, 0.29) is 11.9 Å². The lowest BCUT2D eigenvalue weighted by molar-refractivity contribution is 0.0612. The van der Waals surface area contributed by atoms with Crippen LogP contribution in [-0.4, -0.2) is 34.7 Å². The third-order valence-corrected chi connectivity index (χ3v) is 5.77. The molecule has 1 aliphatic heterocycles. The number of thiophene rings is 1. The molecular formula is C20H21N3O2S. The van der Waals surface area contributed by atoms with Crippen LogP contribution in [0.1, 0.15) is 41.2 Å². The Bertz CT molecular complexity index is 888. The second-order valence-corrected chi connectivity index (χ2v) is 7.37. The molecule has 0 spiro atoms. The summed E-state index contributed by atoms with van der Waals surface area (Å²) in [7, 11) is 1.67. The number of nitrogens with zero attached hydrogens (tertiary/aromatic N) is 2. The lowest BCUT2D eigenvalue weighted by Gasteiger charge is -2.36. The maximum atomic E-state index is 13.4. The van der Waals surface area contributed by atoms with Gasteiger partial charge in [-0.3, -0.25) is 9.89 Å². The summed E-state index contributed by atoms with van der Waals surface area (Å²) in [5.74, 6) is 0.859. The average Bonchev–Trinajstić information content (AvgIpc) is 3.38. The Morgan fingerprint density at radius 1 is 1.31 bits per heavy atom. The first-order chi connectivity index (χ1) is 12.8. The molecule has 0 radical (unpaired) electrons. The number of carbonyl (C=O) groups excluding carboxylic acids is 1. The number of rotatable bonds is 4. The Kier molecular flexibility index (Phi) is 4.75. The minimum atomic E-state index is 0.0367. The number of likely N-dealkylation sites (tertiary alicyclic amines) is 1. The van der Waals surface area contributed by atoms with E-state index in [2.05, 4.69) is 16.3 Å². The van der Waals surface area contributed by atoms with Crippen LogP contribution in [0.2, 0.25) is 0 Å². The molecule has 5 nitrogen and oxygen atoms in total. The van der Waals surface area contributed by atoms with E-state index in [1.54, 1.807) is 24.6 Å². The number of methoxy groups -OCH3 is 1. The number of piperidine rings is 1. The van der Waals surface area contributed by atoms with Gasteiger partial charge in [0.05, 0.1) is 35.5 Å².